The zero-order valence-electron chi connectivity index (χ0n) is 17.1. The molecule has 3 rings (SSSR count). The molecule has 0 unspecified atom stereocenters. The number of carbonyl (C=O) groups is 1. The fraction of sp³-hybridized carbons (Fsp3) is 0.409. The van der Waals surface area contributed by atoms with E-state index in [0.29, 0.717) is 24.7 Å². The lowest BCUT2D eigenvalue weighted by Gasteiger charge is -2.36. The fourth-order valence-corrected chi connectivity index (χ4v) is 5.07. The van der Waals surface area contributed by atoms with Crippen molar-refractivity contribution in [2.24, 2.45) is 0 Å². The minimum atomic E-state index is -3.59. The number of carbonyl (C=O) groups excluding carboxylic acids is 1. The fourth-order valence-electron chi connectivity index (χ4n) is 3.65. The van der Waals surface area contributed by atoms with Gasteiger partial charge in [0.2, 0.25) is 10.0 Å². The molecular weight excluding hydrogens is 391 g/mol. The summed E-state index contributed by atoms with van der Waals surface area (Å²) in [6.07, 6.45) is 0.996. The van der Waals surface area contributed by atoms with Crippen LogP contribution in [0.2, 0.25) is 0 Å². The lowest BCUT2D eigenvalue weighted by Crippen LogP contribution is -2.49. The van der Waals surface area contributed by atoms with Crippen LogP contribution in [0.1, 0.15) is 49.0 Å². The first-order valence-corrected chi connectivity index (χ1v) is 11.3. The largest absolute Gasteiger partial charge is 0.368 e. The van der Waals surface area contributed by atoms with Gasteiger partial charge >= 0.3 is 0 Å². The molecule has 7 heteroatoms. The highest BCUT2D eigenvalue weighted by atomic mass is 32.2. The lowest BCUT2D eigenvalue weighted by molar-refractivity contribution is 0.101. The monoisotopic (exact) mass is 418 g/mol. The molecule has 0 amide bonds. The molecule has 1 fully saturated rings. The molecule has 0 N–H and O–H groups in total. The number of halogens is 1. The molecule has 1 saturated heterocycles. The second-order valence-corrected chi connectivity index (χ2v) is 9.40. The number of rotatable bonds is 6. The molecule has 1 aliphatic heterocycles. The van der Waals surface area contributed by atoms with Gasteiger partial charge in [-0.1, -0.05) is 32.0 Å². The van der Waals surface area contributed by atoms with Crippen LogP contribution in [-0.2, 0) is 10.0 Å². The summed E-state index contributed by atoms with van der Waals surface area (Å²) in [5, 5.41) is 0. The summed E-state index contributed by atoms with van der Waals surface area (Å²) in [5.41, 5.74) is 1.70. The van der Waals surface area contributed by atoms with Crippen molar-refractivity contribution in [2.45, 2.75) is 38.0 Å². The van der Waals surface area contributed by atoms with Crippen molar-refractivity contribution in [3.63, 3.8) is 0 Å². The highest BCUT2D eigenvalue weighted by Gasteiger charge is 2.30. The highest BCUT2D eigenvalue weighted by Crippen LogP contribution is 2.27. The van der Waals surface area contributed by atoms with Gasteiger partial charge in [0.1, 0.15) is 5.82 Å². The first kappa shape index (κ1) is 21.5. The third-order valence-electron chi connectivity index (χ3n) is 5.62. The summed E-state index contributed by atoms with van der Waals surface area (Å²) in [4.78, 5) is 14.0. The summed E-state index contributed by atoms with van der Waals surface area (Å²) in [6.45, 7) is 6.91. The number of sulfonamides is 1. The molecule has 1 atom stereocenters. The van der Waals surface area contributed by atoms with Gasteiger partial charge < -0.3 is 4.90 Å². The summed E-state index contributed by atoms with van der Waals surface area (Å²) < 4.78 is 41.6. The third-order valence-corrected chi connectivity index (χ3v) is 7.54. The van der Waals surface area contributed by atoms with Gasteiger partial charge in [-0.25, -0.2) is 12.8 Å². The van der Waals surface area contributed by atoms with E-state index in [2.05, 4.69) is 13.8 Å². The van der Waals surface area contributed by atoms with Gasteiger partial charge in [0.15, 0.2) is 5.78 Å². The molecule has 0 radical (unpaired) electrons. The minimum absolute atomic E-state index is 0.0597. The molecule has 0 aliphatic carbocycles. The van der Waals surface area contributed by atoms with Crippen molar-refractivity contribution in [3.05, 3.63) is 59.4 Å². The Morgan fingerprint density at radius 2 is 1.69 bits per heavy atom. The van der Waals surface area contributed by atoms with Gasteiger partial charge in [-0.2, -0.15) is 4.31 Å². The van der Waals surface area contributed by atoms with E-state index in [1.54, 1.807) is 24.3 Å². The molecule has 2 aromatic rings. The van der Waals surface area contributed by atoms with E-state index in [1.807, 2.05) is 17.0 Å². The van der Waals surface area contributed by atoms with Crippen LogP contribution in [0, 0.1) is 5.82 Å². The second kappa shape index (κ2) is 8.63. The number of benzene rings is 2. The lowest BCUT2D eigenvalue weighted by atomic mass is 9.99. The van der Waals surface area contributed by atoms with Crippen LogP contribution in [-0.4, -0.2) is 44.7 Å². The topological polar surface area (TPSA) is 57.7 Å². The standard InChI is InChI=1S/C22H27FN2O3S/c1-4-16(2)18-8-10-19(11-9-18)29(27,28)25-14-12-24(13-15-25)21-7-5-6-20(23)22(21)17(3)26/h5-11,16H,4,12-15H2,1-3H3/t16-/m0/s1. The van der Waals surface area contributed by atoms with E-state index in [0.717, 1.165) is 12.0 Å². The second-order valence-electron chi connectivity index (χ2n) is 7.46. The van der Waals surface area contributed by atoms with Crippen LogP contribution < -0.4 is 4.90 Å². The number of anilines is 1. The van der Waals surface area contributed by atoms with Crippen molar-refractivity contribution < 1.29 is 17.6 Å². The SMILES string of the molecule is CC[C@H](C)c1ccc(S(=O)(=O)N2CCN(c3cccc(F)c3C(C)=O)CC2)cc1. The van der Waals surface area contributed by atoms with E-state index in [4.69, 9.17) is 0 Å². The Morgan fingerprint density at radius 1 is 1.07 bits per heavy atom. The molecule has 0 aromatic heterocycles. The zero-order valence-corrected chi connectivity index (χ0v) is 17.9. The van der Waals surface area contributed by atoms with Gasteiger partial charge in [0.25, 0.3) is 0 Å². The number of Topliss-reactive ketones (excluding diaryl/α,β-unsaturated/α-hetero) is 1. The zero-order chi connectivity index (χ0) is 21.2. The number of piperazine rings is 1. The van der Waals surface area contributed by atoms with E-state index in [-0.39, 0.29) is 29.3 Å². The molecule has 0 spiro atoms. The number of ketones is 1. The van der Waals surface area contributed by atoms with Crippen LogP contribution in [0.3, 0.4) is 0 Å². The summed E-state index contributed by atoms with van der Waals surface area (Å²) >= 11 is 0. The number of hydrogen-bond acceptors (Lipinski definition) is 4. The first-order chi connectivity index (χ1) is 13.8. The summed E-state index contributed by atoms with van der Waals surface area (Å²) in [5.74, 6) is -0.502. The van der Waals surface area contributed by atoms with Crippen molar-refractivity contribution >= 4 is 21.5 Å². The van der Waals surface area contributed by atoms with E-state index in [1.165, 1.54) is 17.3 Å². The molecule has 0 bridgehead atoms. The van der Waals surface area contributed by atoms with Gasteiger partial charge in [0.05, 0.1) is 16.1 Å². The number of nitrogens with zero attached hydrogens (tertiary/aromatic N) is 2. The minimum Gasteiger partial charge on any atom is -0.368 e. The predicted octanol–water partition coefficient (Wildman–Crippen LogP) is 4.05. The predicted molar refractivity (Wildman–Crippen MR) is 113 cm³/mol. The van der Waals surface area contributed by atoms with E-state index in [9.17, 15) is 17.6 Å². The van der Waals surface area contributed by atoms with Gasteiger partial charge in [-0.3, -0.25) is 4.79 Å². The van der Waals surface area contributed by atoms with Crippen LogP contribution in [0.25, 0.3) is 0 Å². The molecule has 1 heterocycles. The Bertz CT molecular complexity index is 982. The summed E-state index contributed by atoms with van der Waals surface area (Å²) in [6, 6.07) is 11.6. The maximum absolute atomic E-state index is 14.1. The van der Waals surface area contributed by atoms with Crippen molar-refractivity contribution in [1.82, 2.24) is 4.31 Å². The van der Waals surface area contributed by atoms with Gasteiger partial charge in [0, 0.05) is 26.2 Å². The van der Waals surface area contributed by atoms with Crippen LogP contribution >= 0.6 is 0 Å². The molecular formula is C22H27FN2O3S. The van der Waals surface area contributed by atoms with Crippen LogP contribution in [0.4, 0.5) is 10.1 Å². The van der Waals surface area contributed by atoms with E-state index < -0.39 is 15.8 Å². The molecule has 1 aliphatic rings. The Labute approximate surface area is 172 Å². The maximum atomic E-state index is 14.1. The average molecular weight is 419 g/mol. The van der Waals surface area contributed by atoms with Crippen molar-refractivity contribution in [2.75, 3.05) is 31.1 Å². The molecule has 156 valence electrons. The van der Waals surface area contributed by atoms with E-state index >= 15 is 0 Å². The first-order valence-electron chi connectivity index (χ1n) is 9.90. The maximum Gasteiger partial charge on any atom is 0.243 e. The smallest absolute Gasteiger partial charge is 0.243 e. The Balaban J connectivity index is 1.75. The third kappa shape index (κ3) is 4.36. The molecule has 29 heavy (non-hydrogen) atoms. The Hall–Kier alpha value is -2.25. The highest BCUT2D eigenvalue weighted by molar-refractivity contribution is 7.89. The molecule has 0 saturated carbocycles. The molecule has 5 nitrogen and oxygen atoms in total. The summed E-state index contributed by atoms with van der Waals surface area (Å²) in [7, 11) is -3.59. The average Bonchev–Trinajstić information content (AvgIpc) is 2.73. The molecule has 2 aromatic carbocycles. The van der Waals surface area contributed by atoms with Gasteiger partial charge in [-0.05, 0) is 49.1 Å². The van der Waals surface area contributed by atoms with Gasteiger partial charge in [-0.15, -0.1) is 0 Å². The van der Waals surface area contributed by atoms with Crippen molar-refractivity contribution in [3.8, 4) is 0 Å². The number of hydrogen-bond donors (Lipinski definition) is 0. The van der Waals surface area contributed by atoms with Crippen molar-refractivity contribution in [1.29, 1.82) is 0 Å². The normalized spacial score (nSPS) is 16.6. The Morgan fingerprint density at radius 3 is 2.24 bits per heavy atom. The van der Waals surface area contributed by atoms with Crippen LogP contribution in [0.15, 0.2) is 47.4 Å². The van der Waals surface area contributed by atoms with Crippen LogP contribution in [0.5, 0.6) is 0 Å². The quantitative estimate of drug-likeness (QED) is 0.664. The Kier molecular flexibility index (Phi) is 6.39.